The number of hydrogen-bond donors (Lipinski definition) is 0. The molecule has 0 radical (unpaired) electrons. The topological polar surface area (TPSA) is 42.3 Å². The molecule has 148 valence electrons. The van der Waals surface area contributed by atoms with Crippen LogP contribution in [0, 0.1) is 48.5 Å². The lowest BCUT2D eigenvalue weighted by atomic mass is 9.88. The fourth-order valence-electron chi connectivity index (χ4n) is 4.62. The van der Waals surface area contributed by atoms with E-state index in [1.165, 1.54) is 34.2 Å². The first kappa shape index (κ1) is 20.1. The molecule has 0 aliphatic carbocycles. The number of benzene rings is 1. The SMILES string of the molecule is CC(=O)N1C(=O)/C(=C(/C)c2c(C)c(C)c(C)n2C)c2c(C)c(C)c(C)c(C)c21. The smallest absolute Gasteiger partial charge is 0.266 e. The highest BCUT2D eigenvalue weighted by Crippen LogP contribution is 2.47. The maximum atomic E-state index is 13.5. The fourth-order valence-corrected chi connectivity index (χ4v) is 4.62. The lowest BCUT2D eigenvalue weighted by Gasteiger charge is -2.19. The Hall–Kier alpha value is -2.62. The first-order valence-electron chi connectivity index (χ1n) is 9.72. The molecule has 2 aromatic rings. The van der Waals surface area contributed by atoms with Crippen LogP contribution in [0.3, 0.4) is 0 Å². The van der Waals surface area contributed by atoms with Crippen LogP contribution in [0.2, 0.25) is 0 Å². The first-order valence-corrected chi connectivity index (χ1v) is 9.72. The van der Waals surface area contributed by atoms with Crippen LogP contribution in [0.25, 0.3) is 11.1 Å². The third-order valence-corrected chi connectivity index (χ3v) is 6.89. The molecule has 3 rings (SSSR count). The van der Waals surface area contributed by atoms with Crippen LogP contribution in [-0.4, -0.2) is 16.4 Å². The molecule has 1 aliphatic rings. The van der Waals surface area contributed by atoms with Crippen LogP contribution in [-0.2, 0) is 16.6 Å². The first-order chi connectivity index (χ1) is 12.9. The number of amides is 2. The number of anilines is 1. The summed E-state index contributed by atoms with van der Waals surface area (Å²) in [7, 11) is 2.04. The van der Waals surface area contributed by atoms with Gasteiger partial charge in [0, 0.05) is 30.9 Å². The predicted octanol–water partition coefficient (Wildman–Crippen LogP) is 5.01. The summed E-state index contributed by atoms with van der Waals surface area (Å²) in [6, 6.07) is 0. The van der Waals surface area contributed by atoms with Crippen molar-refractivity contribution in [3.8, 4) is 0 Å². The molecule has 0 unspecified atom stereocenters. The van der Waals surface area contributed by atoms with E-state index >= 15 is 0 Å². The average Bonchev–Trinajstić information content (AvgIpc) is 3.05. The Morgan fingerprint density at radius 1 is 0.750 bits per heavy atom. The van der Waals surface area contributed by atoms with E-state index in [-0.39, 0.29) is 11.8 Å². The Morgan fingerprint density at radius 2 is 1.29 bits per heavy atom. The van der Waals surface area contributed by atoms with Gasteiger partial charge in [0.2, 0.25) is 5.91 Å². The van der Waals surface area contributed by atoms with Crippen LogP contribution in [0.1, 0.15) is 64.2 Å². The van der Waals surface area contributed by atoms with Gasteiger partial charge >= 0.3 is 0 Å². The van der Waals surface area contributed by atoms with Gasteiger partial charge in [0.25, 0.3) is 5.91 Å². The van der Waals surface area contributed by atoms with E-state index in [2.05, 4.69) is 46.1 Å². The lowest BCUT2D eigenvalue weighted by Crippen LogP contribution is -2.32. The van der Waals surface area contributed by atoms with E-state index in [1.807, 2.05) is 20.9 Å². The molecule has 0 bridgehead atoms. The molecule has 1 aromatic heterocycles. The molecule has 0 saturated heterocycles. The predicted molar refractivity (Wildman–Crippen MR) is 116 cm³/mol. The molecule has 2 amide bonds. The molecule has 0 N–H and O–H groups in total. The quantitative estimate of drug-likeness (QED) is 0.655. The molecule has 0 atom stereocenters. The summed E-state index contributed by atoms with van der Waals surface area (Å²) >= 11 is 0. The summed E-state index contributed by atoms with van der Waals surface area (Å²) in [5.41, 5.74) is 12.3. The molecular formula is C24H30N2O2. The molecule has 2 heterocycles. The van der Waals surface area contributed by atoms with Crippen LogP contribution in [0.5, 0.6) is 0 Å². The Morgan fingerprint density at radius 3 is 1.75 bits per heavy atom. The third-order valence-electron chi connectivity index (χ3n) is 6.89. The minimum atomic E-state index is -0.240. The maximum Gasteiger partial charge on any atom is 0.266 e. The number of imide groups is 1. The number of carbonyl (C=O) groups excluding carboxylic acids is 2. The molecule has 1 aromatic carbocycles. The van der Waals surface area contributed by atoms with Crippen molar-refractivity contribution in [2.24, 2.45) is 7.05 Å². The zero-order chi connectivity index (χ0) is 21.2. The summed E-state index contributed by atoms with van der Waals surface area (Å²) in [6.07, 6.45) is 0. The maximum absolute atomic E-state index is 13.5. The largest absolute Gasteiger partial charge is 0.348 e. The molecule has 4 nitrogen and oxygen atoms in total. The number of aromatic nitrogens is 1. The standard InChI is InChI=1S/C24H30N2O2/c1-11-12(2)15(5)23-20(14(11)4)21(24(28)26(23)19(9)27)17(7)22-16(6)13(3)18(8)25(22)10/h1-10H3/b21-17-. The van der Waals surface area contributed by atoms with Crippen molar-refractivity contribution in [2.45, 2.75) is 62.3 Å². The van der Waals surface area contributed by atoms with Gasteiger partial charge < -0.3 is 4.57 Å². The van der Waals surface area contributed by atoms with E-state index < -0.39 is 0 Å². The number of fused-ring (bicyclic) bond motifs is 1. The number of allylic oxidation sites excluding steroid dienone is 1. The van der Waals surface area contributed by atoms with Crippen LogP contribution >= 0.6 is 0 Å². The molecule has 0 fully saturated rings. The van der Waals surface area contributed by atoms with Gasteiger partial charge in [-0.05, 0) is 94.3 Å². The van der Waals surface area contributed by atoms with E-state index in [0.717, 1.165) is 39.2 Å². The van der Waals surface area contributed by atoms with Gasteiger partial charge in [-0.3, -0.25) is 9.59 Å². The molecule has 0 spiro atoms. The van der Waals surface area contributed by atoms with Crippen molar-refractivity contribution in [3.05, 3.63) is 50.3 Å². The minimum Gasteiger partial charge on any atom is -0.348 e. The van der Waals surface area contributed by atoms with Gasteiger partial charge in [-0.1, -0.05) is 0 Å². The molecule has 0 saturated carbocycles. The number of nitrogens with zero attached hydrogens (tertiary/aromatic N) is 2. The van der Waals surface area contributed by atoms with Crippen molar-refractivity contribution in [3.63, 3.8) is 0 Å². The Bertz CT molecular complexity index is 1070. The van der Waals surface area contributed by atoms with Crippen molar-refractivity contribution in [1.29, 1.82) is 0 Å². The highest BCUT2D eigenvalue weighted by molar-refractivity contribution is 6.43. The summed E-state index contributed by atoms with van der Waals surface area (Å²) < 4.78 is 2.15. The van der Waals surface area contributed by atoms with Crippen molar-refractivity contribution < 1.29 is 9.59 Å². The van der Waals surface area contributed by atoms with Crippen molar-refractivity contribution in [1.82, 2.24) is 4.57 Å². The zero-order valence-corrected chi connectivity index (χ0v) is 18.7. The van der Waals surface area contributed by atoms with Crippen molar-refractivity contribution >= 4 is 28.6 Å². The van der Waals surface area contributed by atoms with Gasteiger partial charge in [-0.25, -0.2) is 4.90 Å². The summed E-state index contributed by atoms with van der Waals surface area (Å²) in [4.78, 5) is 27.3. The van der Waals surface area contributed by atoms with Crippen LogP contribution in [0.4, 0.5) is 5.69 Å². The van der Waals surface area contributed by atoms with Gasteiger partial charge in [-0.15, -0.1) is 0 Å². The monoisotopic (exact) mass is 378 g/mol. The molecule has 28 heavy (non-hydrogen) atoms. The highest BCUT2D eigenvalue weighted by Gasteiger charge is 2.40. The van der Waals surface area contributed by atoms with Gasteiger partial charge in [-0.2, -0.15) is 0 Å². The average molecular weight is 379 g/mol. The van der Waals surface area contributed by atoms with E-state index in [0.29, 0.717) is 5.57 Å². The van der Waals surface area contributed by atoms with E-state index in [9.17, 15) is 9.59 Å². The van der Waals surface area contributed by atoms with E-state index in [4.69, 9.17) is 0 Å². The lowest BCUT2D eigenvalue weighted by molar-refractivity contribution is -0.122. The molecule has 1 aliphatic heterocycles. The summed E-state index contributed by atoms with van der Waals surface area (Å²) in [5, 5.41) is 0. The minimum absolute atomic E-state index is 0.216. The second-order valence-corrected chi connectivity index (χ2v) is 8.13. The summed E-state index contributed by atoms with van der Waals surface area (Å²) in [5.74, 6) is -0.456. The summed E-state index contributed by atoms with van der Waals surface area (Å²) in [6.45, 7) is 18.0. The van der Waals surface area contributed by atoms with Crippen LogP contribution < -0.4 is 4.90 Å². The van der Waals surface area contributed by atoms with Gasteiger partial charge in [0.15, 0.2) is 0 Å². The second-order valence-electron chi connectivity index (χ2n) is 8.13. The fraction of sp³-hybridized carbons (Fsp3) is 0.417. The Kier molecular flexibility index (Phi) is 4.65. The zero-order valence-electron chi connectivity index (χ0n) is 18.7. The Labute approximate surface area is 167 Å². The third kappa shape index (κ3) is 2.43. The number of hydrogen-bond acceptors (Lipinski definition) is 2. The second kappa shape index (κ2) is 6.47. The van der Waals surface area contributed by atoms with Gasteiger partial charge in [0.05, 0.1) is 11.3 Å². The molecule has 4 heteroatoms. The highest BCUT2D eigenvalue weighted by atomic mass is 16.2. The Balaban J connectivity index is 2.50. The van der Waals surface area contributed by atoms with Gasteiger partial charge in [0.1, 0.15) is 0 Å². The molecular weight excluding hydrogens is 348 g/mol. The van der Waals surface area contributed by atoms with E-state index in [1.54, 1.807) is 0 Å². The number of rotatable bonds is 1. The van der Waals surface area contributed by atoms with Crippen molar-refractivity contribution in [2.75, 3.05) is 4.90 Å². The number of carbonyl (C=O) groups is 2. The van der Waals surface area contributed by atoms with Crippen LogP contribution in [0.15, 0.2) is 0 Å². The normalized spacial score (nSPS) is 15.4.